The summed E-state index contributed by atoms with van der Waals surface area (Å²) in [5, 5.41) is 13.8. The summed E-state index contributed by atoms with van der Waals surface area (Å²) in [6.45, 7) is 0. The van der Waals surface area contributed by atoms with Crippen LogP contribution in [0.15, 0.2) is 22.7 Å². The van der Waals surface area contributed by atoms with Crippen LogP contribution in [0.5, 0.6) is 0 Å². The third kappa shape index (κ3) is 1.82. The monoisotopic (exact) mass is 185 g/mol. The first-order valence-corrected chi connectivity index (χ1v) is 4.02. The topological polar surface area (TPSA) is 58.9 Å². The molecule has 0 aliphatic carbocycles. The van der Waals surface area contributed by atoms with E-state index in [0.29, 0.717) is 4.88 Å². The third-order valence-corrected chi connectivity index (χ3v) is 2.02. The molecular formula is C7H7NO3S. The zero-order valence-corrected chi connectivity index (χ0v) is 7.17. The fourth-order valence-corrected chi connectivity index (χ4v) is 1.39. The fourth-order valence-electron chi connectivity index (χ4n) is 0.694. The Morgan fingerprint density at radius 3 is 2.92 bits per heavy atom. The molecule has 1 rings (SSSR count). The van der Waals surface area contributed by atoms with Crippen molar-refractivity contribution >= 4 is 23.0 Å². The molecule has 1 heterocycles. The molecule has 1 N–H and O–H groups in total. The molecule has 0 atom stereocenters. The van der Waals surface area contributed by atoms with E-state index in [0.717, 1.165) is 0 Å². The predicted molar refractivity (Wildman–Crippen MR) is 45.5 cm³/mol. The van der Waals surface area contributed by atoms with Crippen LogP contribution in [-0.4, -0.2) is 23.9 Å². The van der Waals surface area contributed by atoms with E-state index in [1.807, 2.05) is 0 Å². The average Bonchev–Trinajstić information content (AvgIpc) is 2.51. The molecule has 0 aromatic carbocycles. The van der Waals surface area contributed by atoms with Gasteiger partial charge in [0.05, 0.1) is 4.88 Å². The van der Waals surface area contributed by atoms with Crippen LogP contribution >= 0.6 is 11.3 Å². The van der Waals surface area contributed by atoms with Crippen LogP contribution in [0.4, 0.5) is 0 Å². The van der Waals surface area contributed by atoms with E-state index in [1.165, 1.54) is 18.4 Å². The molecule has 0 amide bonds. The van der Waals surface area contributed by atoms with Crippen molar-refractivity contribution in [3.63, 3.8) is 0 Å². The van der Waals surface area contributed by atoms with Crippen molar-refractivity contribution in [1.82, 2.24) is 0 Å². The van der Waals surface area contributed by atoms with Crippen LogP contribution in [0.1, 0.15) is 4.88 Å². The Kier molecular flexibility index (Phi) is 2.82. The lowest BCUT2D eigenvalue weighted by Crippen LogP contribution is -2.13. The van der Waals surface area contributed by atoms with E-state index in [9.17, 15) is 4.79 Å². The van der Waals surface area contributed by atoms with Crippen LogP contribution in [0.25, 0.3) is 0 Å². The van der Waals surface area contributed by atoms with Gasteiger partial charge >= 0.3 is 5.97 Å². The van der Waals surface area contributed by atoms with Crippen molar-refractivity contribution in [1.29, 1.82) is 0 Å². The van der Waals surface area contributed by atoms with Crippen LogP contribution in [0, 0.1) is 0 Å². The Hall–Kier alpha value is -1.36. The second kappa shape index (κ2) is 3.87. The van der Waals surface area contributed by atoms with Crippen molar-refractivity contribution in [2.24, 2.45) is 5.16 Å². The fraction of sp³-hybridized carbons (Fsp3) is 0.143. The minimum Gasteiger partial charge on any atom is -0.476 e. The Balaban J connectivity index is 2.96. The maximum Gasteiger partial charge on any atom is 0.359 e. The standard InChI is InChI=1S/C7H7NO3S/c1-11-8-6(7(9)10)5-3-2-4-12-5/h2-4H,1H3,(H,9,10)/b8-6+. The van der Waals surface area contributed by atoms with Crippen molar-refractivity contribution in [2.45, 2.75) is 0 Å². The van der Waals surface area contributed by atoms with Gasteiger partial charge < -0.3 is 9.94 Å². The number of hydrogen-bond donors (Lipinski definition) is 1. The number of rotatable bonds is 3. The molecule has 0 radical (unpaired) electrons. The minimum absolute atomic E-state index is 0.0625. The number of thiophene rings is 1. The normalized spacial score (nSPS) is 11.2. The molecule has 1 aromatic rings. The van der Waals surface area contributed by atoms with Gasteiger partial charge in [-0.3, -0.25) is 0 Å². The van der Waals surface area contributed by atoms with Crippen molar-refractivity contribution in [2.75, 3.05) is 7.11 Å². The largest absolute Gasteiger partial charge is 0.476 e. The number of carbonyl (C=O) groups is 1. The molecule has 64 valence electrons. The van der Waals surface area contributed by atoms with Gasteiger partial charge in [0.2, 0.25) is 5.71 Å². The molecule has 5 heteroatoms. The molecule has 1 aromatic heterocycles. The van der Waals surface area contributed by atoms with Gasteiger partial charge in [0.15, 0.2) is 0 Å². The molecule has 0 aliphatic rings. The lowest BCUT2D eigenvalue weighted by Gasteiger charge is -1.94. The number of oxime groups is 1. The molecule has 0 spiro atoms. The number of carboxylic acid groups (broad SMARTS) is 1. The SMILES string of the molecule is CO/N=C(/C(=O)O)c1cccs1. The van der Waals surface area contributed by atoms with Gasteiger partial charge in [-0.2, -0.15) is 0 Å². The minimum atomic E-state index is -1.08. The molecule has 4 nitrogen and oxygen atoms in total. The summed E-state index contributed by atoms with van der Waals surface area (Å²) in [6.07, 6.45) is 0. The molecule has 0 saturated heterocycles. The molecule has 0 bridgehead atoms. The summed E-state index contributed by atoms with van der Waals surface area (Å²) >= 11 is 1.31. The smallest absolute Gasteiger partial charge is 0.359 e. The van der Waals surface area contributed by atoms with Crippen molar-refractivity contribution < 1.29 is 14.7 Å². The zero-order chi connectivity index (χ0) is 8.97. The van der Waals surface area contributed by atoms with Crippen LogP contribution in [0.2, 0.25) is 0 Å². The Morgan fingerprint density at radius 1 is 1.75 bits per heavy atom. The van der Waals surface area contributed by atoms with Crippen LogP contribution < -0.4 is 0 Å². The quantitative estimate of drug-likeness (QED) is 0.568. The highest BCUT2D eigenvalue weighted by Gasteiger charge is 2.13. The zero-order valence-electron chi connectivity index (χ0n) is 6.35. The van der Waals surface area contributed by atoms with Crippen molar-refractivity contribution in [3.05, 3.63) is 22.4 Å². The lowest BCUT2D eigenvalue weighted by molar-refractivity contribution is -0.129. The van der Waals surface area contributed by atoms with Gasteiger partial charge in [-0.1, -0.05) is 11.2 Å². The molecule has 0 aliphatic heterocycles. The van der Waals surface area contributed by atoms with Gasteiger partial charge in [-0.25, -0.2) is 4.79 Å². The van der Waals surface area contributed by atoms with Crippen LogP contribution in [0.3, 0.4) is 0 Å². The number of aliphatic carboxylic acids is 1. The van der Waals surface area contributed by atoms with E-state index in [1.54, 1.807) is 17.5 Å². The van der Waals surface area contributed by atoms with Gasteiger partial charge in [0, 0.05) is 0 Å². The Bertz CT molecular complexity index is 292. The number of hydrogen-bond acceptors (Lipinski definition) is 4. The maximum atomic E-state index is 10.6. The first-order valence-electron chi connectivity index (χ1n) is 3.14. The van der Waals surface area contributed by atoms with E-state index >= 15 is 0 Å². The van der Waals surface area contributed by atoms with Gasteiger partial charge in [-0.05, 0) is 11.4 Å². The first kappa shape index (κ1) is 8.73. The summed E-state index contributed by atoms with van der Waals surface area (Å²) in [7, 11) is 1.32. The highest BCUT2D eigenvalue weighted by molar-refractivity contribution is 7.13. The molecule has 0 fully saturated rings. The van der Waals surface area contributed by atoms with Gasteiger partial charge in [0.25, 0.3) is 0 Å². The first-order chi connectivity index (χ1) is 5.75. The second-order valence-corrected chi connectivity index (χ2v) is 2.85. The Morgan fingerprint density at radius 2 is 2.50 bits per heavy atom. The summed E-state index contributed by atoms with van der Waals surface area (Å²) in [4.78, 5) is 15.6. The van der Waals surface area contributed by atoms with Gasteiger partial charge in [0.1, 0.15) is 7.11 Å². The van der Waals surface area contributed by atoms with E-state index < -0.39 is 5.97 Å². The predicted octanol–water partition coefficient (Wildman–Crippen LogP) is 1.18. The number of nitrogens with zero attached hydrogens (tertiary/aromatic N) is 1. The number of carboxylic acids is 1. The van der Waals surface area contributed by atoms with E-state index in [2.05, 4.69) is 9.99 Å². The molecular weight excluding hydrogens is 178 g/mol. The summed E-state index contributed by atoms with van der Waals surface area (Å²) < 4.78 is 0. The maximum absolute atomic E-state index is 10.6. The van der Waals surface area contributed by atoms with E-state index in [-0.39, 0.29) is 5.71 Å². The average molecular weight is 185 g/mol. The van der Waals surface area contributed by atoms with Crippen LogP contribution in [-0.2, 0) is 9.63 Å². The van der Waals surface area contributed by atoms with E-state index in [4.69, 9.17) is 5.11 Å². The molecule has 0 unspecified atom stereocenters. The summed E-state index contributed by atoms with van der Waals surface area (Å²) in [5.41, 5.74) is -0.0625. The van der Waals surface area contributed by atoms with Crippen molar-refractivity contribution in [3.8, 4) is 0 Å². The lowest BCUT2D eigenvalue weighted by atomic mass is 10.3. The Labute approximate surface area is 73.1 Å². The third-order valence-electron chi connectivity index (χ3n) is 1.14. The molecule has 0 saturated carbocycles. The summed E-state index contributed by atoms with van der Waals surface area (Å²) in [6, 6.07) is 3.44. The highest BCUT2D eigenvalue weighted by Crippen LogP contribution is 2.10. The second-order valence-electron chi connectivity index (χ2n) is 1.90. The molecule has 12 heavy (non-hydrogen) atoms. The van der Waals surface area contributed by atoms with Gasteiger partial charge in [-0.15, -0.1) is 11.3 Å². The summed E-state index contributed by atoms with van der Waals surface area (Å²) in [5.74, 6) is -1.08. The highest BCUT2D eigenvalue weighted by atomic mass is 32.1.